The number of benzene rings is 2. The van der Waals surface area contributed by atoms with Crippen LogP contribution in [0.5, 0.6) is 0 Å². The number of ether oxygens (including phenoxy) is 1. The maximum Gasteiger partial charge on any atom is 0.317 e. The van der Waals surface area contributed by atoms with Crippen molar-refractivity contribution in [3.05, 3.63) is 75.8 Å². The molecule has 0 heterocycles. The van der Waals surface area contributed by atoms with Gasteiger partial charge in [0.1, 0.15) is 0 Å². The lowest BCUT2D eigenvalue weighted by Crippen LogP contribution is -2.44. The summed E-state index contributed by atoms with van der Waals surface area (Å²) >= 11 is 0. The van der Waals surface area contributed by atoms with Gasteiger partial charge in [-0.3, -0.25) is 35.3 Å². The zero-order chi connectivity index (χ0) is 21.6. The number of hydrogen-bond donors (Lipinski definition) is 2. The highest BCUT2D eigenvalue weighted by atomic mass is 16.6. The van der Waals surface area contributed by atoms with Crippen molar-refractivity contribution in [2.45, 2.75) is 31.1 Å². The number of carbonyl (C=O) groups is 3. The van der Waals surface area contributed by atoms with E-state index < -0.39 is 34.7 Å². The molecule has 2 aromatic rings. The molecule has 1 aliphatic carbocycles. The Morgan fingerprint density at radius 1 is 1.00 bits per heavy atom. The van der Waals surface area contributed by atoms with Crippen LogP contribution in [0, 0.1) is 10.1 Å². The van der Waals surface area contributed by atoms with Gasteiger partial charge in [-0.15, -0.1) is 0 Å². The smallest absolute Gasteiger partial charge is 0.317 e. The second-order valence-corrected chi connectivity index (χ2v) is 7.04. The highest BCUT2D eigenvalue weighted by Gasteiger charge is 2.44. The van der Waals surface area contributed by atoms with Gasteiger partial charge in [0.05, 0.1) is 10.3 Å². The van der Waals surface area contributed by atoms with Crippen molar-refractivity contribution in [1.82, 2.24) is 10.9 Å². The maximum atomic E-state index is 12.8. The van der Waals surface area contributed by atoms with E-state index >= 15 is 0 Å². The van der Waals surface area contributed by atoms with Crippen LogP contribution in [0.1, 0.15) is 41.6 Å². The largest absolute Gasteiger partial charge is 0.455 e. The lowest BCUT2D eigenvalue weighted by atomic mass is 9.79. The van der Waals surface area contributed by atoms with Crippen LogP contribution in [0.4, 0.5) is 5.69 Å². The summed E-state index contributed by atoms with van der Waals surface area (Å²) < 4.78 is 5.24. The number of hydrogen-bond acceptors (Lipinski definition) is 6. The second kappa shape index (κ2) is 9.17. The van der Waals surface area contributed by atoms with Crippen LogP contribution >= 0.6 is 0 Å². The van der Waals surface area contributed by atoms with Crippen LogP contribution in [0.3, 0.4) is 0 Å². The number of nitrogens with zero attached hydrogens (tertiary/aromatic N) is 1. The first-order valence-electron chi connectivity index (χ1n) is 9.49. The highest BCUT2D eigenvalue weighted by Crippen LogP contribution is 2.42. The summed E-state index contributed by atoms with van der Waals surface area (Å²) in [7, 11) is 0. The Morgan fingerprint density at radius 2 is 1.70 bits per heavy atom. The molecule has 0 aromatic heterocycles. The first kappa shape index (κ1) is 21.0. The first-order chi connectivity index (χ1) is 14.4. The Labute approximate surface area is 172 Å². The highest BCUT2D eigenvalue weighted by molar-refractivity contribution is 5.96. The summed E-state index contributed by atoms with van der Waals surface area (Å²) in [6.45, 7) is -0.553. The molecule has 1 fully saturated rings. The lowest BCUT2D eigenvalue weighted by Gasteiger charge is -2.27. The molecule has 0 unspecified atom stereocenters. The molecule has 30 heavy (non-hydrogen) atoms. The van der Waals surface area contributed by atoms with Crippen molar-refractivity contribution in [3.63, 3.8) is 0 Å². The molecule has 9 nitrogen and oxygen atoms in total. The number of nitro benzene ring substituents is 1. The van der Waals surface area contributed by atoms with Gasteiger partial charge in [0.2, 0.25) is 0 Å². The number of hydrazine groups is 1. The summed E-state index contributed by atoms with van der Waals surface area (Å²) in [6, 6.07) is 14.4. The Balaban J connectivity index is 1.54. The third-order valence-electron chi connectivity index (χ3n) is 5.14. The van der Waals surface area contributed by atoms with Gasteiger partial charge in [-0.1, -0.05) is 49.2 Å². The lowest BCUT2D eigenvalue weighted by molar-refractivity contribution is -0.384. The minimum Gasteiger partial charge on any atom is -0.455 e. The van der Waals surface area contributed by atoms with Crippen molar-refractivity contribution in [3.8, 4) is 0 Å². The fourth-order valence-corrected chi connectivity index (χ4v) is 3.61. The molecule has 2 aromatic carbocycles. The van der Waals surface area contributed by atoms with E-state index in [1.54, 1.807) is 0 Å². The average molecular weight is 411 g/mol. The van der Waals surface area contributed by atoms with Crippen molar-refractivity contribution < 1.29 is 24.0 Å². The first-order valence-corrected chi connectivity index (χ1v) is 9.49. The van der Waals surface area contributed by atoms with E-state index in [4.69, 9.17) is 4.74 Å². The van der Waals surface area contributed by atoms with Gasteiger partial charge in [0, 0.05) is 17.7 Å². The van der Waals surface area contributed by atoms with Crippen LogP contribution in [0.15, 0.2) is 54.6 Å². The molecular formula is C21H21N3O6. The Hall–Kier alpha value is -3.75. The molecule has 0 radical (unpaired) electrons. The molecule has 156 valence electrons. The third-order valence-corrected chi connectivity index (χ3v) is 5.14. The number of nitro groups is 1. The van der Waals surface area contributed by atoms with Crippen molar-refractivity contribution in [1.29, 1.82) is 0 Å². The van der Waals surface area contributed by atoms with Gasteiger partial charge >= 0.3 is 5.97 Å². The number of esters is 1. The van der Waals surface area contributed by atoms with Crippen LogP contribution in [0.25, 0.3) is 0 Å². The zero-order valence-electron chi connectivity index (χ0n) is 16.1. The third kappa shape index (κ3) is 4.62. The average Bonchev–Trinajstić information content (AvgIpc) is 3.27. The van der Waals surface area contributed by atoms with E-state index in [0.717, 1.165) is 24.5 Å². The van der Waals surface area contributed by atoms with Crippen molar-refractivity contribution >= 4 is 23.5 Å². The number of carbonyl (C=O) groups excluding carboxylic acids is 3. The Kier molecular flexibility index (Phi) is 6.41. The molecule has 2 amide bonds. The van der Waals surface area contributed by atoms with Gasteiger partial charge in [0.25, 0.3) is 17.5 Å². The van der Waals surface area contributed by atoms with Crippen molar-refractivity contribution in [2.24, 2.45) is 0 Å². The summed E-state index contributed by atoms with van der Waals surface area (Å²) in [4.78, 5) is 47.0. The van der Waals surface area contributed by atoms with E-state index in [1.807, 2.05) is 30.3 Å². The number of nitrogens with one attached hydrogen (secondary N) is 2. The molecule has 0 bridgehead atoms. The maximum absolute atomic E-state index is 12.8. The predicted octanol–water partition coefficient (Wildman–Crippen LogP) is 2.41. The summed E-state index contributed by atoms with van der Waals surface area (Å²) in [5.74, 6) is -1.91. The van der Waals surface area contributed by atoms with Crippen LogP contribution in [-0.2, 0) is 19.7 Å². The van der Waals surface area contributed by atoms with E-state index in [2.05, 4.69) is 10.9 Å². The second-order valence-electron chi connectivity index (χ2n) is 7.04. The molecule has 0 saturated heterocycles. The van der Waals surface area contributed by atoms with Gasteiger partial charge in [-0.05, 0) is 24.5 Å². The summed E-state index contributed by atoms with van der Waals surface area (Å²) in [5.41, 5.74) is 4.17. The van der Waals surface area contributed by atoms with E-state index in [9.17, 15) is 24.5 Å². The van der Waals surface area contributed by atoms with Gasteiger partial charge in [0.15, 0.2) is 6.61 Å². The molecule has 0 atom stereocenters. The van der Waals surface area contributed by atoms with Gasteiger partial charge in [-0.25, -0.2) is 0 Å². The molecule has 9 heteroatoms. The Morgan fingerprint density at radius 3 is 2.37 bits per heavy atom. The molecular weight excluding hydrogens is 390 g/mol. The Bertz CT molecular complexity index is 954. The predicted molar refractivity (Wildman–Crippen MR) is 106 cm³/mol. The van der Waals surface area contributed by atoms with Crippen molar-refractivity contribution in [2.75, 3.05) is 6.61 Å². The van der Waals surface area contributed by atoms with Gasteiger partial charge in [-0.2, -0.15) is 0 Å². The molecule has 0 spiro atoms. The summed E-state index contributed by atoms with van der Waals surface area (Å²) in [5, 5.41) is 10.8. The fraction of sp³-hybridized carbons (Fsp3) is 0.286. The molecule has 3 rings (SSSR count). The normalized spacial score (nSPS) is 14.5. The molecule has 2 N–H and O–H groups in total. The monoisotopic (exact) mass is 411 g/mol. The number of non-ortho nitro benzene ring substituents is 1. The molecule has 1 saturated carbocycles. The van der Waals surface area contributed by atoms with E-state index in [1.165, 1.54) is 18.2 Å². The van der Waals surface area contributed by atoms with Crippen LogP contribution in [-0.4, -0.2) is 29.3 Å². The minimum absolute atomic E-state index is 0.00970. The molecule has 1 aliphatic rings. The standard InChI is InChI=1S/C21H21N3O6/c25-18(22-23-19(26)15-7-6-10-17(13-15)24(28)29)14-30-20(27)21(11-4-5-12-21)16-8-2-1-3-9-16/h1-3,6-10,13H,4-5,11-12,14H2,(H,22,25)(H,23,26). The number of rotatable bonds is 6. The van der Waals surface area contributed by atoms with Crippen LogP contribution < -0.4 is 10.9 Å². The number of amides is 2. The van der Waals surface area contributed by atoms with E-state index in [0.29, 0.717) is 12.8 Å². The fourth-order valence-electron chi connectivity index (χ4n) is 3.61. The van der Waals surface area contributed by atoms with Gasteiger partial charge < -0.3 is 4.74 Å². The quantitative estimate of drug-likeness (QED) is 0.427. The summed E-state index contributed by atoms with van der Waals surface area (Å²) in [6.07, 6.45) is 3.10. The molecule has 0 aliphatic heterocycles. The zero-order valence-corrected chi connectivity index (χ0v) is 16.1. The van der Waals surface area contributed by atoms with Crippen LogP contribution in [0.2, 0.25) is 0 Å². The van der Waals surface area contributed by atoms with E-state index in [-0.39, 0.29) is 11.3 Å². The topological polar surface area (TPSA) is 128 Å². The SMILES string of the molecule is O=C(COC(=O)C1(c2ccccc2)CCCC1)NNC(=O)c1cccc([N+](=O)[O-])c1. The minimum atomic E-state index is -0.756.